The Morgan fingerprint density at radius 1 is 1.12 bits per heavy atom. The molecule has 0 N–H and O–H groups in total. The Labute approximate surface area is 246 Å². The molecule has 6 rings (SSSR count). The van der Waals surface area contributed by atoms with E-state index in [1.165, 1.54) is 29.5 Å². The molecule has 1 aliphatic carbocycles. The number of carbonyl (C=O) groups is 1. The van der Waals surface area contributed by atoms with Gasteiger partial charge >= 0.3 is 6.09 Å². The summed E-state index contributed by atoms with van der Waals surface area (Å²) in [7, 11) is 1.84. The van der Waals surface area contributed by atoms with Crippen molar-refractivity contribution in [3.8, 4) is 17.3 Å². The third-order valence-electron chi connectivity index (χ3n) is 7.34. The van der Waals surface area contributed by atoms with E-state index in [0.717, 1.165) is 12.8 Å². The number of hydrogen-bond acceptors (Lipinski definition) is 8. The van der Waals surface area contributed by atoms with E-state index < -0.39 is 11.4 Å². The summed E-state index contributed by atoms with van der Waals surface area (Å²) in [5.41, 5.74) is 1.52. The summed E-state index contributed by atoms with van der Waals surface area (Å²) in [5, 5.41) is 15.7. The predicted molar refractivity (Wildman–Crippen MR) is 158 cm³/mol. The first-order valence-electron chi connectivity index (χ1n) is 13.9. The zero-order valence-electron chi connectivity index (χ0n) is 23.9. The summed E-state index contributed by atoms with van der Waals surface area (Å²) in [5.74, 6) is -0.0896. The topological polar surface area (TPSA) is 90.5 Å². The number of fused-ring (bicyclic) bond motifs is 1. The number of thiazole rings is 1. The quantitative estimate of drug-likeness (QED) is 0.263. The molecule has 3 heterocycles. The van der Waals surface area contributed by atoms with Crippen LogP contribution in [-0.2, 0) is 4.74 Å². The zero-order chi connectivity index (χ0) is 29.8. The maximum Gasteiger partial charge on any atom is 0.410 e. The third kappa shape index (κ3) is 5.36. The maximum atomic E-state index is 15.6. The zero-order valence-corrected chi connectivity index (χ0v) is 24.7. The monoisotopic (exact) mass is 591 g/mol. The van der Waals surface area contributed by atoms with Crippen LogP contribution in [0.5, 0.6) is 0 Å². The molecule has 218 valence electrons. The number of ether oxygens (including phenoxy) is 1. The van der Waals surface area contributed by atoms with Crippen LogP contribution in [0.15, 0.2) is 36.4 Å². The standard InChI is InChI=1S/C30H31F2N7O2S/c1-30(2,3)41-29(40)38-13-11-37(12-14-38)21-15-22-26(23(32)16-21)35-39(20-9-10-20)27(22)36(4)28-34-25(24(17-33)42-28)18-5-7-19(31)8-6-18/h5-8,15-16,20H,9-14H2,1-4H3. The summed E-state index contributed by atoms with van der Waals surface area (Å²) in [6, 6.07) is 11.7. The Kier molecular flexibility index (Phi) is 7.01. The highest BCUT2D eigenvalue weighted by atomic mass is 32.1. The second-order valence-corrected chi connectivity index (χ2v) is 12.6. The normalized spacial score (nSPS) is 15.6. The number of rotatable bonds is 5. The van der Waals surface area contributed by atoms with Crippen LogP contribution in [0.25, 0.3) is 22.2 Å². The molecule has 12 heteroatoms. The molecule has 9 nitrogen and oxygen atoms in total. The predicted octanol–water partition coefficient (Wildman–Crippen LogP) is 6.47. The van der Waals surface area contributed by atoms with Gasteiger partial charge in [0, 0.05) is 49.9 Å². The minimum atomic E-state index is -0.572. The minimum absolute atomic E-state index is 0.155. The van der Waals surface area contributed by atoms with Crippen molar-refractivity contribution in [3.05, 3.63) is 52.9 Å². The van der Waals surface area contributed by atoms with Gasteiger partial charge in [-0.25, -0.2) is 23.2 Å². The van der Waals surface area contributed by atoms with Crippen LogP contribution in [-0.4, -0.2) is 64.6 Å². The molecular formula is C30H31F2N7O2S. The smallest absolute Gasteiger partial charge is 0.410 e. The molecule has 1 saturated carbocycles. The van der Waals surface area contributed by atoms with E-state index in [4.69, 9.17) is 9.72 Å². The van der Waals surface area contributed by atoms with Gasteiger partial charge in [0.05, 0.1) is 6.04 Å². The van der Waals surface area contributed by atoms with Crippen molar-refractivity contribution in [3.63, 3.8) is 0 Å². The molecule has 0 bridgehead atoms. The van der Waals surface area contributed by atoms with Crippen LogP contribution >= 0.6 is 11.3 Å². The summed E-state index contributed by atoms with van der Waals surface area (Å²) in [6.45, 7) is 7.51. The number of halogens is 2. The van der Waals surface area contributed by atoms with Crippen LogP contribution < -0.4 is 9.80 Å². The molecule has 2 fully saturated rings. The molecule has 1 aliphatic heterocycles. The van der Waals surface area contributed by atoms with E-state index in [2.05, 4.69) is 16.1 Å². The number of aromatic nitrogens is 3. The number of piperazine rings is 1. The van der Waals surface area contributed by atoms with E-state index in [1.807, 2.05) is 43.5 Å². The van der Waals surface area contributed by atoms with Crippen LogP contribution in [0, 0.1) is 23.0 Å². The van der Waals surface area contributed by atoms with Crippen molar-refractivity contribution in [1.29, 1.82) is 5.26 Å². The number of nitriles is 1. The van der Waals surface area contributed by atoms with E-state index in [9.17, 15) is 14.4 Å². The first kappa shape index (κ1) is 27.9. The van der Waals surface area contributed by atoms with Crippen LogP contribution in [0.2, 0.25) is 0 Å². The molecule has 0 radical (unpaired) electrons. The van der Waals surface area contributed by atoms with Gasteiger partial charge in [0.15, 0.2) is 10.9 Å². The van der Waals surface area contributed by atoms with Crippen LogP contribution in [0.4, 0.5) is 30.2 Å². The Hall–Kier alpha value is -4.24. The highest BCUT2D eigenvalue weighted by Gasteiger charge is 2.33. The summed E-state index contributed by atoms with van der Waals surface area (Å²) in [4.78, 5) is 23.3. The fraction of sp³-hybridized carbons (Fsp3) is 0.400. The molecule has 2 aliphatic rings. The summed E-state index contributed by atoms with van der Waals surface area (Å²) < 4.78 is 36.5. The third-order valence-corrected chi connectivity index (χ3v) is 8.38. The van der Waals surface area contributed by atoms with Crippen molar-refractivity contribution in [2.24, 2.45) is 0 Å². The van der Waals surface area contributed by atoms with Crippen LogP contribution in [0.1, 0.15) is 44.5 Å². The van der Waals surface area contributed by atoms with Crippen molar-refractivity contribution in [2.75, 3.05) is 43.0 Å². The van der Waals surface area contributed by atoms with Gasteiger partial charge in [0.2, 0.25) is 0 Å². The van der Waals surface area contributed by atoms with Gasteiger partial charge in [-0.3, -0.25) is 0 Å². The van der Waals surface area contributed by atoms with Gasteiger partial charge in [0.25, 0.3) is 0 Å². The number of benzene rings is 2. The summed E-state index contributed by atoms with van der Waals surface area (Å²) in [6.07, 6.45) is 1.54. The first-order valence-corrected chi connectivity index (χ1v) is 14.7. The number of anilines is 3. The second-order valence-electron chi connectivity index (χ2n) is 11.6. The number of hydrogen-bond donors (Lipinski definition) is 0. The number of carbonyl (C=O) groups excluding carboxylic acids is 1. The van der Waals surface area contributed by atoms with E-state index >= 15 is 4.39 Å². The molecule has 0 unspecified atom stereocenters. The molecule has 0 atom stereocenters. The van der Waals surface area contributed by atoms with Gasteiger partial charge in [0.1, 0.15) is 39.4 Å². The SMILES string of the molecule is CN(c1nc(-c2ccc(F)cc2)c(C#N)s1)c1c2cc(N3CCN(C(=O)OC(C)(C)C)CC3)cc(F)c2nn1C1CC1. The van der Waals surface area contributed by atoms with Crippen molar-refractivity contribution in [2.45, 2.75) is 45.3 Å². The second kappa shape index (κ2) is 10.5. The molecule has 1 amide bonds. The average molecular weight is 592 g/mol. The lowest BCUT2D eigenvalue weighted by Crippen LogP contribution is -2.50. The molecule has 1 saturated heterocycles. The lowest BCUT2D eigenvalue weighted by atomic mass is 10.1. The molecular weight excluding hydrogens is 560 g/mol. The van der Waals surface area contributed by atoms with E-state index in [-0.39, 0.29) is 23.5 Å². The Morgan fingerprint density at radius 2 is 1.81 bits per heavy atom. The Bertz CT molecular complexity index is 1690. The lowest BCUT2D eigenvalue weighted by molar-refractivity contribution is 0.0240. The van der Waals surface area contributed by atoms with Crippen LogP contribution in [0.3, 0.4) is 0 Å². The molecule has 2 aromatic carbocycles. The van der Waals surface area contributed by atoms with E-state index in [0.29, 0.717) is 64.3 Å². The molecule has 2 aromatic heterocycles. The Balaban J connectivity index is 1.34. The number of amides is 1. The van der Waals surface area contributed by atoms with Gasteiger partial charge in [-0.2, -0.15) is 10.4 Å². The highest BCUT2D eigenvalue weighted by Crippen LogP contribution is 2.45. The Morgan fingerprint density at radius 3 is 2.43 bits per heavy atom. The van der Waals surface area contributed by atoms with E-state index in [1.54, 1.807) is 17.0 Å². The van der Waals surface area contributed by atoms with Gasteiger partial charge in [-0.05, 0) is 70.0 Å². The average Bonchev–Trinajstić information content (AvgIpc) is 3.59. The number of nitrogens with zero attached hydrogens (tertiary/aromatic N) is 7. The van der Waals surface area contributed by atoms with Gasteiger partial charge < -0.3 is 19.4 Å². The molecule has 4 aromatic rings. The lowest BCUT2D eigenvalue weighted by Gasteiger charge is -2.36. The highest BCUT2D eigenvalue weighted by molar-refractivity contribution is 7.16. The fourth-order valence-electron chi connectivity index (χ4n) is 5.12. The molecule has 0 spiro atoms. The largest absolute Gasteiger partial charge is 0.444 e. The fourth-order valence-corrected chi connectivity index (χ4v) is 5.97. The van der Waals surface area contributed by atoms with Gasteiger partial charge in [-0.15, -0.1) is 0 Å². The maximum absolute atomic E-state index is 15.6. The first-order chi connectivity index (χ1) is 20.0. The summed E-state index contributed by atoms with van der Waals surface area (Å²) >= 11 is 1.22. The van der Waals surface area contributed by atoms with Crippen molar-refractivity contribution < 1.29 is 18.3 Å². The van der Waals surface area contributed by atoms with Gasteiger partial charge in [-0.1, -0.05) is 11.3 Å². The molecule has 42 heavy (non-hydrogen) atoms. The van der Waals surface area contributed by atoms with Crippen molar-refractivity contribution in [1.82, 2.24) is 19.7 Å². The minimum Gasteiger partial charge on any atom is -0.444 e. The van der Waals surface area contributed by atoms with Crippen molar-refractivity contribution >= 4 is 45.0 Å².